The SMILES string of the molecule is C#CCN1C(=C)C2(CC2)Oc2cc(F)c(-n3c(=O)cc(C)n(C)c3=O)cc21. The number of benzene rings is 1. The zero-order valence-corrected chi connectivity index (χ0v) is 15.1. The maximum absolute atomic E-state index is 14.9. The van der Waals surface area contributed by atoms with Crippen molar-refractivity contribution < 1.29 is 9.13 Å². The van der Waals surface area contributed by atoms with Gasteiger partial charge in [0, 0.05) is 24.9 Å². The predicted octanol–water partition coefficient (Wildman–Crippen LogP) is 1.86. The third-order valence-corrected chi connectivity index (χ3v) is 5.23. The maximum Gasteiger partial charge on any atom is 0.335 e. The van der Waals surface area contributed by atoms with Crippen LogP contribution in [-0.2, 0) is 7.05 Å². The van der Waals surface area contributed by atoms with Gasteiger partial charge in [-0.15, -0.1) is 6.42 Å². The Bertz CT molecular complexity index is 1150. The van der Waals surface area contributed by atoms with Crippen molar-refractivity contribution in [3.63, 3.8) is 0 Å². The van der Waals surface area contributed by atoms with Crippen molar-refractivity contribution in [3.05, 3.63) is 62.8 Å². The average molecular weight is 367 g/mol. The van der Waals surface area contributed by atoms with Crippen LogP contribution < -0.4 is 20.9 Å². The molecule has 4 rings (SSSR count). The highest BCUT2D eigenvalue weighted by molar-refractivity contribution is 5.70. The lowest BCUT2D eigenvalue weighted by atomic mass is 10.1. The fourth-order valence-electron chi connectivity index (χ4n) is 3.39. The Labute approximate surface area is 155 Å². The number of terminal acetylenes is 1. The minimum atomic E-state index is -0.722. The van der Waals surface area contributed by atoms with E-state index in [1.54, 1.807) is 11.8 Å². The van der Waals surface area contributed by atoms with E-state index >= 15 is 0 Å². The zero-order chi connectivity index (χ0) is 19.5. The van der Waals surface area contributed by atoms with Crippen molar-refractivity contribution in [2.24, 2.45) is 7.05 Å². The molecule has 0 radical (unpaired) electrons. The summed E-state index contributed by atoms with van der Waals surface area (Å²) in [5, 5.41) is 0. The number of hydrogen-bond acceptors (Lipinski definition) is 4. The van der Waals surface area contributed by atoms with E-state index in [4.69, 9.17) is 11.2 Å². The molecule has 0 N–H and O–H groups in total. The Kier molecular flexibility index (Phi) is 3.57. The van der Waals surface area contributed by atoms with Crippen molar-refractivity contribution in [2.75, 3.05) is 11.4 Å². The van der Waals surface area contributed by atoms with E-state index in [2.05, 4.69) is 12.5 Å². The molecule has 2 aromatic rings. The molecule has 1 saturated carbocycles. The normalized spacial score (nSPS) is 16.7. The van der Waals surface area contributed by atoms with Crippen LogP contribution in [-0.4, -0.2) is 21.3 Å². The quantitative estimate of drug-likeness (QED) is 0.761. The molecule has 1 aromatic carbocycles. The van der Waals surface area contributed by atoms with Crippen LogP contribution >= 0.6 is 0 Å². The number of aromatic nitrogens is 2. The van der Waals surface area contributed by atoms with Gasteiger partial charge in [-0.1, -0.05) is 12.5 Å². The van der Waals surface area contributed by atoms with Gasteiger partial charge in [0.15, 0.2) is 5.82 Å². The highest BCUT2D eigenvalue weighted by atomic mass is 19.1. The number of anilines is 1. The first-order valence-corrected chi connectivity index (χ1v) is 8.52. The molecule has 0 amide bonds. The van der Waals surface area contributed by atoms with Gasteiger partial charge in [0.1, 0.15) is 11.4 Å². The first kappa shape index (κ1) is 17.2. The van der Waals surface area contributed by atoms with Crippen molar-refractivity contribution >= 4 is 5.69 Å². The molecule has 7 heteroatoms. The van der Waals surface area contributed by atoms with E-state index < -0.39 is 22.7 Å². The van der Waals surface area contributed by atoms with Crippen molar-refractivity contribution in [2.45, 2.75) is 25.4 Å². The summed E-state index contributed by atoms with van der Waals surface area (Å²) in [7, 11) is 1.52. The first-order chi connectivity index (χ1) is 12.8. The van der Waals surface area contributed by atoms with Crippen LogP contribution in [0.1, 0.15) is 18.5 Å². The molecule has 27 heavy (non-hydrogen) atoms. The minimum absolute atomic E-state index is 0.149. The topological polar surface area (TPSA) is 56.5 Å². The third-order valence-electron chi connectivity index (χ3n) is 5.23. The summed E-state index contributed by atoms with van der Waals surface area (Å²) in [5.41, 5.74) is -0.237. The van der Waals surface area contributed by atoms with Gasteiger partial charge in [-0.2, -0.15) is 0 Å². The lowest BCUT2D eigenvalue weighted by Crippen LogP contribution is -2.41. The number of aryl methyl sites for hydroxylation is 1. The Morgan fingerprint density at radius 2 is 2.00 bits per heavy atom. The summed E-state index contributed by atoms with van der Waals surface area (Å²) in [6, 6.07) is 3.90. The molecule has 0 atom stereocenters. The van der Waals surface area contributed by atoms with E-state index in [-0.39, 0.29) is 12.2 Å². The maximum atomic E-state index is 14.9. The standard InChI is InChI=1S/C20H18FN3O3/c1-5-8-23-13(3)20(6-7-20)27-17-10-14(21)15(11-16(17)23)24-18(25)9-12(2)22(4)19(24)26/h1,9-11H,3,6-8H2,2,4H3. The highest BCUT2D eigenvalue weighted by Gasteiger charge is 2.53. The third kappa shape index (κ3) is 2.40. The number of nitrogens with zero attached hydrogens (tertiary/aromatic N) is 3. The van der Waals surface area contributed by atoms with E-state index in [1.165, 1.54) is 29.8 Å². The van der Waals surface area contributed by atoms with Crippen LogP contribution in [0.4, 0.5) is 10.1 Å². The molecule has 0 bridgehead atoms. The second-order valence-corrected chi connectivity index (χ2v) is 6.91. The fourth-order valence-corrected chi connectivity index (χ4v) is 3.39. The van der Waals surface area contributed by atoms with Crippen LogP contribution in [0, 0.1) is 25.1 Å². The summed E-state index contributed by atoms with van der Waals surface area (Å²) in [6.45, 7) is 5.95. The number of ether oxygens (including phenoxy) is 1. The number of hydrogen-bond donors (Lipinski definition) is 0. The van der Waals surface area contributed by atoms with Gasteiger partial charge in [-0.25, -0.2) is 13.8 Å². The largest absolute Gasteiger partial charge is 0.479 e. The lowest BCUT2D eigenvalue weighted by Gasteiger charge is -2.38. The first-order valence-electron chi connectivity index (χ1n) is 8.52. The molecule has 1 spiro atoms. The second kappa shape index (κ2) is 5.61. The van der Waals surface area contributed by atoms with Gasteiger partial charge >= 0.3 is 5.69 Å². The predicted molar refractivity (Wildman–Crippen MR) is 99.9 cm³/mol. The molecule has 2 aliphatic rings. The fraction of sp³-hybridized carbons (Fsp3) is 0.300. The van der Waals surface area contributed by atoms with Crippen molar-refractivity contribution in [1.82, 2.24) is 9.13 Å². The van der Waals surface area contributed by atoms with E-state index in [0.717, 1.165) is 17.4 Å². The van der Waals surface area contributed by atoms with Crippen molar-refractivity contribution in [3.8, 4) is 23.8 Å². The Balaban J connectivity index is 1.96. The van der Waals surface area contributed by atoms with Crippen LogP contribution in [0.2, 0.25) is 0 Å². The molecule has 2 heterocycles. The molecule has 0 unspecified atom stereocenters. The van der Waals surface area contributed by atoms with Crippen LogP contribution in [0.5, 0.6) is 5.75 Å². The molecular weight excluding hydrogens is 349 g/mol. The second-order valence-electron chi connectivity index (χ2n) is 6.91. The number of fused-ring (bicyclic) bond motifs is 1. The summed E-state index contributed by atoms with van der Waals surface area (Å²) in [4.78, 5) is 26.8. The molecule has 1 aromatic heterocycles. The molecule has 1 fully saturated rings. The number of rotatable bonds is 2. The molecule has 1 aliphatic carbocycles. The summed E-state index contributed by atoms with van der Waals surface area (Å²) in [6.07, 6.45) is 7.07. The van der Waals surface area contributed by atoms with Crippen molar-refractivity contribution in [1.29, 1.82) is 0 Å². The van der Waals surface area contributed by atoms with Crippen LogP contribution in [0.3, 0.4) is 0 Å². The van der Waals surface area contributed by atoms with Gasteiger partial charge in [0.25, 0.3) is 5.56 Å². The average Bonchev–Trinajstić information content (AvgIpc) is 3.38. The Morgan fingerprint density at radius 3 is 2.63 bits per heavy atom. The van der Waals surface area contributed by atoms with Gasteiger partial charge in [0.2, 0.25) is 0 Å². The summed E-state index contributed by atoms with van der Waals surface area (Å²) >= 11 is 0. The Hall–Kier alpha value is -3.27. The highest BCUT2D eigenvalue weighted by Crippen LogP contribution is 2.54. The van der Waals surface area contributed by atoms with Gasteiger partial charge in [-0.05, 0) is 25.8 Å². The lowest BCUT2D eigenvalue weighted by molar-refractivity contribution is 0.203. The summed E-state index contributed by atoms with van der Waals surface area (Å²) in [5.74, 6) is 2.17. The monoisotopic (exact) mass is 367 g/mol. The minimum Gasteiger partial charge on any atom is -0.479 e. The molecule has 6 nitrogen and oxygen atoms in total. The number of halogens is 1. The van der Waals surface area contributed by atoms with Gasteiger partial charge in [0.05, 0.1) is 23.6 Å². The van der Waals surface area contributed by atoms with Crippen LogP contribution in [0.25, 0.3) is 5.69 Å². The van der Waals surface area contributed by atoms with Gasteiger partial charge in [-0.3, -0.25) is 4.79 Å². The van der Waals surface area contributed by atoms with E-state index in [1.807, 2.05) is 0 Å². The Morgan fingerprint density at radius 1 is 1.30 bits per heavy atom. The smallest absolute Gasteiger partial charge is 0.335 e. The molecule has 0 saturated heterocycles. The molecule has 1 aliphatic heterocycles. The molecule has 138 valence electrons. The summed E-state index contributed by atoms with van der Waals surface area (Å²) < 4.78 is 22.9. The van der Waals surface area contributed by atoms with Gasteiger partial charge < -0.3 is 14.2 Å². The molecular formula is C20H18FN3O3. The van der Waals surface area contributed by atoms with Crippen LogP contribution in [0.15, 0.2) is 40.1 Å². The van der Waals surface area contributed by atoms with E-state index in [0.29, 0.717) is 22.8 Å². The van der Waals surface area contributed by atoms with E-state index in [9.17, 15) is 14.0 Å². The zero-order valence-electron chi connectivity index (χ0n) is 15.1.